The van der Waals surface area contributed by atoms with Crippen LogP contribution in [-0.2, 0) is 4.74 Å². The van der Waals surface area contributed by atoms with E-state index in [-0.39, 0.29) is 12.0 Å². The van der Waals surface area contributed by atoms with Gasteiger partial charge in [-0.05, 0) is 60.7 Å². The highest BCUT2D eigenvalue weighted by Crippen LogP contribution is 2.21. The summed E-state index contributed by atoms with van der Waals surface area (Å²) in [5.41, 5.74) is 3.36. The van der Waals surface area contributed by atoms with Crippen molar-refractivity contribution in [2.75, 3.05) is 13.2 Å². The lowest BCUT2D eigenvalue weighted by Crippen LogP contribution is -2.34. The molecule has 2 aromatic carbocycles. The Morgan fingerprint density at radius 2 is 2.00 bits per heavy atom. The van der Waals surface area contributed by atoms with Crippen molar-refractivity contribution in [3.63, 3.8) is 0 Å². The molecule has 1 fully saturated rings. The summed E-state index contributed by atoms with van der Waals surface area (Å²) in [6, 6.07) is 15.5. The molecule has 5 nitrogen and oxygen atoms in total. The fraction of sp³-hybridized carbons (Fsp3) is 0.333. The first-order valence-corrected chi connectivity index (χ1v) is 11.1. The molecule has 30 heavy (non-hydrogen) atoms. The van der Waals surface area contributed by atoms with E-state index in [2.05, 4.69) is 52.2 Å². The van der Waals surface area contributed by atoms with E-state index >= 15 is 0 Å². The molecule has 0 unspecified atom stereocenters. The first kappa shape index (κ1) is 20.8. The van der Waals surface area contributed by atoms with E-state index in [0.29, 0.717) is 29.2 Å². The predicted octanol–water partition coefficient (Wildman–Crippen LogP) is 5.46. The van der Waals surface area contributed by atoms with E-state index in [1.54, 1.807) is 0 Å². The van der Waals surface area contributed by atoms with Crippen LogP contribution in [0.3, 0.4) is 0 Å². The highest BCUT2D eigenvalue weighted by molar-refractivity contribution is 9.10. The summed E-state index contributed by atoms with van der Waals surface area (Å²) < 4.78 is 12.6. The number of carbonyl (C=O) groups excluding carboxylic acids is 1. The number of nitrogens with zero attached hydrogens (tertiary/aromatic N) is 1. The van der Waals surface area contributed by atoms with Crippen LogP contribution in [0.25, 0.3) is 11.0 Å². The van der Waals surface area contributed by atoms with Gasteiger partial charge in [-0.3, -0.25) is 4.79 Å². The molecule has 1 aliphatic rings. The fourth-order valence-electron chi connectivity index (χ4n) is 3.51. The van der Waals surface area contributed by atoms with Gasteiger partial charge in [0, 0.05) is 23.0 Å². The molecule has 2 heterocycles. The number of hydrogen-bond acceptors (Lipinski definition) is 4. The largest absolute Gasteiger partial charge is 0.438 e. The normalized spacial score (nSPS) is 17.1. The number of hydrogen-bond donors (Lipinski definition) is 1. The molecule has 3 aromatic rings. The molecular weight excluding hydrogens is 444 g/mol. The minimum atomic E-state index is -0.214. The van der Waals surface area contributed by atoms with E-state index in [1.165, 1.54) is 5.56 Å². The lowest BCUT2D eigenvalue weighted by molar-refractivity contribution is 0.0854. The Balaban J connectivity index is 1.72. The molecule has 1 atom stereocenters. The van der Waals surface area contributed by atoms with Crippen LogP contribution in [0.15, 0.2) is 62.4 Å². The van der Waals surface area contributed by atoms with Crippen LogP contribution >= 0.6 is 15.9 Å². The Hall–Kier alpha value is -2.44. The molecule has 1 N–H and O–H groups in total. The van der Waals surface area contributed by atoms with Gasteiger partial charge in [-0.25, -0.2) is 4.99 Å². The zero-order chi connectivity index (χ0) is 21.1. The van der Waals surface area contributed by atoms with Crippen LogP contribution in [0.4, 0.5) is 5.69 Å². The summed E-state index contributed by atoms with van der Waals surface area (Å²) in [6.07, 6.45) is 2.08. The van der Waals surface area contributed by atoms with Gasteiger partial charge in [0.15, 0.2) is 0 Å². The first-order valence-electron chi connectivity index (χ1n) is 10.3. The summed E-state index contributed by atoms with van der Waals surface area (Å²) in [5, 5.41) is 3.81. The van der Waals surface area contributed by atoms with Gasteiger partial charge in [0.05, 0.1) is 11.8 Å². The van der Waals surface area contributed by atoms with Crippen molar-refractivity contribution in [3.8, 4) is 0 Å². The zero-order valence-electron chi connectivity index (χ0n) is 17.2. The minimum absolute atomic E-state index is 0.0736. The molecular formula is C24H25BrN2O3. The predicted molar refractivity (Wildman–Crippen MR) is 121 cm³/mol. The van der Waals surface area contributed by atoms with Crippen molar-refractivity contribution in [3.05, 3.63) is 69.7 Å². The van der Waals surface area contributed by atoms with Crippen LogP contribution in [-0.4, -0.2) is 25.2 Å². The van der Waals surface area contributed by atoms with Gasteiger partial charge in [0.25, 0.3) is 5.91 Å². The van der Waals surface area contributed by atoms with Gasteiger partial charge in [0.2, 0.25) is 5.55 Å². The molecule has 1 amide bonds. The van der Waals surface area contributed by atoms with Crippen molar-refractivity contribution in [2.45, 2.75) is 38.7 Å². The van der Waals surface area contributed by atoms with Gasteiger partial charge in [-0.2, -0.15) is 0 Å². The lowest BCUT2D eigenvalue weighted by atomic mass is 10.0. The van der Waals surface area contributed by atoms with Crippen molar-refractivity contribution in [2.24, 2.45) is 4.99 Å². The second-order valence-corrected chi connectivity index (χ2v) is 8.77. The van der Waals surface area contributed by atoms with Gasteiger partial charge < -0.3 is 14.5 Å². The highest BCUT2D eigenvalue weighted by atomic mass is 79.9. The summed E-state index contributed by atoms with van der Waals surface area (Å²) in [6.45, 7) is 5.55. The van der Waals surface area contributed by atoms with Crippen LogP contribution in [0.1, 0.15) is 48.5 Å². The Morgan fingerprint density at radius 3 is 2.70 bits per heavy atom. The molecule has 0 spiro atoms. The average molecular weight is 469 g/mol. The number of halogens is 1. The monoisotopic (exact) mass is 468 g/mol. The number of carbonyl (C=O) groups is 1. The summed E-state index contributed by atoms with van der Waals surface area (Å²) in [4.78, 5) is 17.6. The molecule has 6 heteroatoms. The van der Waals surface area contributed by atoms with E-state index in [4.69, 9.17) is 9.15 Å². The van der Waals surface area contributed by atoms with Crippen LogP contribution < -0.4 is 10.9 Å². The number of amides is 1. The third-order valence-electron chi connectivity index (χ3n) is 5.26. The molecule has 1 aromatic heterocycles. The second-order valence-electron chi connectivity index (χ2n) is 7.85. The lowest BCUT2D eigenvalue weighted by Gasteiger charge is -2.11. The van der Waals surface area contributed by atoms with Gasteiger partial charge >= 0.3 is 0 Å². The number of fused-ring (bicyclic) bond motifs is 1. The van der Waals surface area contributed by atoms with Crippen LogP contribution in [0.5, 0.6) is 0 Å². The molecule has 0 bridgehead atoms. The standard InChI is InChI=1S/C24H25BrN2O3/c1-15(2)16-5-8-19(9-6-16)27-24-21(23(28)26-14-20-4-3-11-29-20)13-17-12-18(25)7-10-22(17)30-24/h5-10,12-13,15,20H,3-4,11,14H2,1-2H3,(H,26,28)/t20-/m1/s1. The first-order chi connectivity index (χ1) is 14.5. The number of ether oxygens (including phenoxy) is 1. The number of nitrogens with one attached hydrogen (secondary N) is 1. The Kier molecular flexibility index (Phi) is 6.35. The van der Waals surface area contributed by atoms with E-state index in [1.807, 2.05) is 36.4 Å². The molecule has 1 aliphatic heterocycles. The van der Waals surface area contributed by atoms with E-state index in [0.717, 1.165) is 35.0 Å². The Bertz CT molecular complexity index is 1110. The molecule has 1 saturated heterocycles. The summed E-state index contributed by atoms with van der Waals surface area (Å²) >= 11 is 3.48. The Labute approximate surface area is 184 Å². The Morgan fingerprint density at radius 1 is 1.20 bits per heavy atom. The van der Waals surface area contributed by atoms with Gasteiger partial charge in [-0.15, -0.1) is 0 Å². The fourth-order valence-corrected chi connectivity index (χ4v) is 3.88. The maximum Gasteiger partial charge on any atom is 0.256 e. The third-order valence-corrected chi connectivity index (χ3v) is 5.75. The van der Waals surface area contributed by atoms with Gasteiger partial charge in [-0.1, -0.05) is 41.9 Å². The summed E-state index contributed by atoms with van der Waals surface area (Å²) in [7, 11) is 0. The molecule has 0 radical (unpaired) electrons. The maximum atomic E-state index is 13.0. The SMILES string of the molecule is CC(C)c1ccc(N=c2oc3ccc(Br)cc3cc2C(=O)NC[C@H]2CCCO2)cc1. The summed E-state index contributed by atoms with van der Waals surface area (Å²) in [5.74, 6) is 0.232. The van der Waals surface area contributed by atoms with Gasteiger partial charge in [0.1, 0.15) is 11.1 Å². The molecule has 4 rings (SSSR count). The molecule has 0 saturated carbocycles. The number of rotatable bonds is 5. The topological polar surface area (TPSA) is 63.8 Å². The van der Waals surface area contributed by atoms with Crippen LogP contribution in [0.2, 0.25) is 0 Å². The van der Waals surface area contributed by atoms with E-state index in [9.17, 15) is 4.79 Å². The number of benzene rings is 2. The quantitative estimate of drug-likeness (QED) is 0.540. The van der Waals surface area contributed by atoms with Crippen LogP contribution in [0, 0.1) is 0 Å². The zero-order valence-corrected chi connectivity index (χ0v) is 18.7. The second kappa shape index (κ2) is 9.14. The smallest absolute Gasteiger partial charge is 0.256 e. The molecule has 0 aliphatic carbocycles. The van der Waals surface area contributed by atoms with Crippen molar-refractivity contribution >= 4 is 38.5 Å². The molecule has 156 valence electrons. The highest BCUT2D eigenvalue weighted by Gasteiger charge is 2.18. The maximum absolute atomic E-state index is 13.0. The minimum Gasteiger partial charge on any atom is -0.438 e. The van der Waals surface area contributed by atoms with Crippen molar-refractivity contribution < 1.29 is 13.9 Å². The van der Waals surface area contributed by atoms with E-state index < -0.39 is 0 Å². The van der Waals surface area contributed by atoms with Crippen molar-refractivity contribution in [1.82, 2.24) is 5.32 Å². The van der Waals surface area contributed by atoms with Crippen molar-refractivity contribution in [1.29, 1.82) is 0 Å². The third kappa shape index (κ3) is 4.82. The average Bonchev–Trinajstić information content (AvgIpc) is 3.26.